The van der Waals surface area contributed by atoms with E-state index in [1.165, 1.54) is 12.4 Å². The van der Waals surface area contributed by atoms with E-state index in [9.17, 15) is 4.79 Å². The van der Waals surface area contributed by atoms with Crippen LogP contribution >= 0.6 is 11.6 Å². The van der Waals surface area contributed by atoms with Crippen molar-refractivity contribution in [1.82, 2.24) is 9.97 Å². The number of hydrogen-bond donors (Lipinski definition) is 0. The number of nitrogens with zero attached hydrogens (tertiary/aromatic N) is 2. The van der Waals surface area contributed by atoms with Crippen LogP contribution < -0.4 is 0 Å². The third-order valence-electron chi connectivity index (χ3n) is 2.02. The van der Waals surface area contributed by atoms with Gasteiger partial charge in [-0.1, -0.05) is 25.4 Å². The maximum atomic E-state index is 11.4. The molecular weight excluding hydrogens is 200 g/mol. The van der Waals surface area contributed by atoms with E-state index in [4.69, 9.17) is 11.6 Å². The smallest absolute Gasteiger partial charge is 0.140 e. The molecule has 0 saturated carbocycles. The lowest BCUT2D eigenvalue weighted by atomic mass is 9.91. The van der Waals surface area contributed by atoms with E-state index in [0.717, 1.165) is 0 Å². The van der Waals surface area contributed by atoms with Crippen LogP contribution in [0.4, 0.5) is 0 Å². The SMILES string of the molecule is CC(=O)C(c1ncc(Cl)cn1)C(C)C. The lowest BCUT2D eigenvalue weighted by Crippen LogP contribution is -2.18. The van der Waals surface area contributed by atoms with Gasteiger partial charge in [0.2, 0.25) is 0 Å². The number of carbonyl (C=O) groups excluding carboxylic acids is 1. The van der Waals surface area contributed by atoms with Crippen LogP contribution in [0, 0.1) is 5.92 Å². The van der Waals surface area contributed by atoms with Crippen LogP contribution in [0.25, 0.3) is 0 Å². The number of aromatic nitrogens is 2. The average molecular weight is 213 g/mol. The molecule has 1 atom stereocenters. The molecule has 0 radical (unpaired) electrons. The third-order valence-corrected chi connectivity index (χ3v) is 2.22. The molecule has 0 N–H and O–H groups in total. The van der Waals surface area contributed by atoms with E-state index >= 15 is 0 Å². The Labute approximate surface area is 88.5 Å². The fourth-order valence-electron chi connectivity index (χ4n) is 1.43. The van der Waals surface area contributed by atoms with Gasteiger partial charge in [-0.25, -0.2) is 9.97 Å². The molecule has 0 aliphatic carbocycles. The maximum Gasteiger partial charge on any atom is 0.140 e. The molecule has 1 heterocycles. The highest BCUT2D eigenvalue weighted by Crippen LogP contribution is 2.22. The first-order valence-electron chi connectivity index (χ1n) is 4.50. The van der Waals surface area contributed by atoms with Crippen LogP contribution in [0.2, 0.25) is 5.02 Å². The van der Waals surface area contributed by atoms with E-state index in [1.807, 2.05) is 13.8 Å². The lowest BCUT2D eigenvalue weighted by molar-refractivity contribution is -0.119. The number of ketones is 1. The maximum absolute atomic E-state index is 11.4. The van der Waals surface area contributed by atoms with Gasteiger partial charge in [-0.3, -0.25) is 4.79 Å². The number of carbonyl (C=O) groups is 1. The molecule has 1 rings (SSSR count). The molecule has 0 saturated heterocycles. The van der Waals surface area contributed by atoms with Gasteiger partial charge in [-0.15, -0.1) is 0 Å². The molecule has 14 heavy (non-hydrogen) atoms. The molecule has 1 unspecified atom stereocenters. The van der Waals surface area contributed by atoms with Crippen molar-refractivity contribution in [3.8, 4) is 0 Å². The zero-order valence-electron chi connectivity index (χ0n) is 8.49. The Balaban J connectivity index is 3.00. The van der Waals surface area contributed by atoms with Gasteiger partial charge in [-0.05, 0) is 12.8 Å². The topological polar surface area (TPSA) is 42.9 Å². The molecule has 1 aromatic heterocycles. The predicted octanol–water partition coefficient (Wildman–Crippen LogP) is 2.46. The number of hydrogen-bond acceptors (Lipinski definition) is 3. The number of Topliss-reactive ketones (excluding diaryl/α,β-unsaturated/α-hetero) is 1. The number of rotatable bonds is 3. The van der Waals surface area contributed by atoms with Gasteiger partial charge in [0, 0.05) is 12.4 Å². The summed E-state index contributed by atoms with van der Waals surface area (Å²) in [5.41, 5.74) is 0. The fourth-order valence-corrected chi connectivity index (χ4v) is 1.53. The average Bonchev–Trinajstić information content (AvgIpc) is 2.07. The quantitative estimate of drug-likeness (QED) is 0.773. The van der Waals surface area contributed by atoms with E-state index in [-0.39, 0.29) is 17.6 Å². The van der Waals surface area contributed by atoms with Crippen molar-refractivity contribution in [2.45, 2.75) is 26.7 Å². The summed E-state index contributed by atoms with van der Waals surface area (Å²) < 4.78 is 0. The third kappa shape index (κ3) is 2.51. The molecular formula is C10H13ClN2O. The Hall–Kier alpha value is -0.960. The van der Waals surface area contributed by atoms with Crippen LogP contribution in [0.5, 0.6) is 0 Å². The van der Waals surface area contributed by atoms with Gasteiger partial charge in [0.15, 0.2) is 0 Å². The van der Waals surface area contributed by atoms with E-state index in [1.54, 1.807) is 6.92 Å². The molecule has 0 aromatic carbocycles. The summed E-state index contributed by atoms with van der Waals surface area (Å²) in [5.74, 6) is 0.611. The van der Waals surface area contributed by atoms with Gasteiger partial charge in [0.1, 0.15) is 11.6 Å². The zero-order valence-corrected chi connectivity index (χ0v) is 9.25. The van der Waals surface area contributed by atoms with Crippen LogP contribution in [0.15, 0.2) is 12.4 Å². The molecule has 1 aromatic rings. The molecule has 4 heteroatoms. The van der Waals surface area contributed by atoms with Crippen LogP contribution in [-0.2, 0) is 4.79 Å². The first-order valence-corrected chi connectivity index (χ1v) is 4.88. The van der Waals surface area contributed by atoms with E-state index in [2.05, 4.69) is 9.97 Å². The Morgan fingerprint density at radius 3 is 2.21 bits per heavy atom. The highest BCUT2D eigenvalue weighted by Gasteiger charge is 2.23. The molecule has 0 aliphatic rings. The van der Waals surface area contributed by atoms with Gasteiger partial charge in [0.05, 0.1) is 10.9 Å². The second-order valence-electron chi connectivity index (χ2n) is 3.59. The second kappa shape index (κ2) is 4.51. The van der Waals surface area contributed by atoms with Crippen LogP contribution in [0.1, 0.15) is 32.5 Å². The molecule has 76 valence electrons. The first kappa shape index (κ1) is 11.1. The summed E-state index contributed by atoms with van der Waals surface area (Å²) in [6, 6.07) is 0. The van der Waals surface area contributed by atoms with Gasteiger partial charge >= 0.3 is 0 Å². The Morgan fingerprint density at radius 2 is 1.86 bits per heavy atom. The highest BCUT2D eigenvalue weighted by molar-refractivity contribution is 6.30. The standard InChI is InChI=1S/C10H13ClN2O/c1-6(2)9(7(3)14)10-12-4-8(11)5-13-10/h4-6,9H,1-3H3. The summed E-state index contributed by atoms with van der Waals surface area (Å²) in [7, 11) is 0. The highest BCUT2D eigenvalue weighted by atomic mass is 35.5. The van der Waals surface area contributed by atoms with Crippen molar-refractivity contribution < 1.29 is 4.79 Å². The molecule has 0 aliphatic heterocycles. The Morgan fingerprint density at radius 1 is 1.36 bits per heavy atom. The normalized spacial score (nSPS) is 12.9. The van der Waals surface area contributed by atoms with Gasteiger partial charge < -0.3 is 0 Å². The summed E-state index contributed by atoms with van der Waals surface area (Å²) in [6.07, 6.45) is 3.03. The summed E-state index contributed by atoms with van der Waals surface area (Å²) in [6.45, 7) is 5.51. The number of halogens is 1. The van der Waals surface area contributed by atoms with Crippen molar-refractivity contribution in [1.29, 1.82) is 0 Å². The minimum atomic E-state index is -0.229. The largest absolute Gasteiger partial charge is 0.299 e. The first-order chi connectivity index (χ1) is 6.52. The van der Waals surface area contributed by atoms with Crippen molar-refractivity contribution >= 4 is 17.4 Å². The summed E-state index contributed by atoms with van der Waals surface area (Å²) in [5, 5.41) is 0.486. The molecule has 0 spiro atoms. The fraction of sp³-hybridized carbons (Fsp3) is 0.500. The van der Waals surface area contributed by atoms with Crippen molar-refractivity contribution in [2.75, 3.05) is 0 Å². The molecule has 0 bridgehead atoms. The zero-order chi connectivity index (χ0) is 10.7. The van der Waals surface area contributed by atoms with Gasteiger partial charge in [0.25, 0.3) is 0 Å². The predicted molar refractivity (Wildman–Crippen MR) is 55.3 cm³/mol. The van der Waals surface area contributed by atoms with Gasteiger partial charge in [-0.2, -0.15) is 0 Å². The minimum Gasteiger partial charge on any atom is -0.299 e. The van der Waals surface area contributed by atoms with Crippen molar-refractivity contribution in [3.05, 3.63) is 23.2 Å². The molecule has 3 nitrogen and oxygen atoms in total. The van der Waals surface area contributed by atoms with Crippen molar-refractivity contribution in [3.63, 3.8) is 0 Å². The van der Waals surface area contributed by atoms with E-state index in [0.29, 0.717) is 10.8 Å². The van der Waals surface area contributed by atoms with Crippen LogP contribution in [0.3, 0.4) is 0 Å². The Kier molecular flexibility index (Phi) is 3.58. The van der Waals surface area contributed by atoms with Crippen molar-refractivity contribution in [2.24, 2.45) is 5.92 Å². The Bertz CT molecular complexity index is 321. The minimum absolute atomic E-state index is 0.0855. The monoisotopic (exact) mass is 212 g/mol. The van der Waals surface area contributed by atoms with E-state index < -0.39 is 0 Å². The lowest BCUT2D eigenvalue weighted by Gasteiger charge is -2.15. The molecule has 0 fully saturated rings. The molecule has 0 amide bonds. The second-order valence-corrected chi connectivity index (χ2v) is 4.03. The summed E-state index contributed by atoms with van der Waals surface area (Å²) in [4.78, 5) is 19.5. The summed E-state index contributed by atoms with van der Waals surface area (Å²) >= 11 is 5.67. The van der Waals surface area contributed by atoms with Crippen LogP contribution in [-0.4, -0.2) is 15.8 Å².